The Morgan fingerprint density at radius 1 is 1.50 bits per heavy atom. The molecule has 0 amide bonds. The molecule has 0 saturated heterocycles. The molecule has 0 aliphatic rings. The summed E-state index contributed by atoms with van der Waals surface area (Å²) < 4.78 is 0. The molecular weight excluding hydrogens is 139 g/mol. The molecule has 0 bridgehead atoms. The quantitative estimate of drug-likeness (QED) is 0.302. The summed E-state index contributed by atoms with van der Waals surface area (Å²) in [7, 11) is 0. The van der Waals surface area contributed by atoms with E-state index in [9.17, 15) is 9.59 Å². The molecule has 0 aromatic carbocycles. The average Bonchev–Trinajstić information content (AvgIpc) is 1.65. The third-order valence-corrected chi connectivity index (χ3v) is 0.669. The van der Waals surface area contributed by atoms with Gasteiger partial charge in [-0.1, -0.05) is 0 Å². The van der Waals surface area contributed by atoms with Crippen LogP contribution in [0.2, 0.25) is 0 Å². The number of carboxylic acids is 1. The van der Waals surface area contributed by atoms with Gasteiger partial charge < -0.3 is 5.11 Å². The van der Waals surface area contributed by atoms with Gasteiger partial charge >= 0.3 is 5.97 Å². The van der Waals surface area contributed by atoms with E-state index in [4.69, 9.17) is 5.11 Å². The summed E-state index contributed by atoms with van der Waals surface area (Å²) in [6.45, 7) is 0. The van der Waals surface area contributed by atoms with Crippen molar-refractivity contribution in [1.29, 1.82) is 0 Å². The van der Waals surface area contributed by atoms with Crippen molar-refractivity contribution in [2.24, 2.45) is 0 Å². The van der Waals surface area contributed by atoms with Crippen molar-refractivity contribution < 1.29 is 14.7 Å². The van der Waals surface area contributed by atoms with E-state index in [2.05, 4.69) is 12.6 Å². The van der Waals surface area contributed by atoms with Crippen molar-refractivity contribution in [1.82, 2.24) is 0 Å². The standard InChI is InChI=1S/C3H4O3S.Na/c4-2(1-7)3(5)6;/h7H,1H2,(H,5,6);. The topological polar surface area (TPSA) is 54.4 Å². The van der Waals surface area contributed by atoms with Gasteiger partial charge in [-0.3, -0.25) is 4.79 Å². The molecule has 0 aromatic rings. The Morgan fingerprint density at radius 2 is 1.88 bits per heavy atom. The Kier molecular flexibility index (Phi) is 7.95. The number of hydrogen-bond acceptors (Lipinski definition) is 3. The van der Waals surface area contributed by atoms with E-state index < -0.39 is 11.8 Å². The van der Waals surface area contributed by atoms with Gasteiger partial charge in [-0.25, -0.2) is 4.79 Å². The van der Waals surface area contributed by atoms with Gasteiger partial charge in [0.2, 0.25) is 5.78 Å². The summed E-state index contributed by atoms with van der Waals surface area (Å²) >= 11 is 3.42. The molecule has 0 aliphatic heterocycles. The summed E-state index contributed by atoms with van der Waals surface area (Å²) in [6.07, 6.45) is 0. The van der Waals surface area contributed by atoms with Gasteiger partial charge in [0.1, 0.15) is 0 Å². The molecule has 0 unspecified atom stereocenters. The first-order valence-electron chi connectivity index (χ1n) is 1.55. The molecule has 0 heterocycles. The van der Waals surface area contributed by atoms with Crippen molar-refractivity contribution in [2.75, 3.05) is 5.75 Å². The molecule has 8 heavy (non-hydrogen) atoms. The number of carbonyl (C=O) groups is 2. The first-order chi connectivity index (χ1) is 3.18. The second-order valence-corrected chi connectivity index (χ2v) is 1.20. The summed E-state index contributed by atoms with van der Waals surface area (Å²) in [5, 5.41) is 7.78. The minimum atomic E-state index is -1.42. The molecule has 41 valence electrons. The normalized spacial score (nSPS) is 7.12. The number of thiol groups is 1. The predicted molar refractivity (Wildman–Crippen MR) is 32.2 cm³/mol. The Labute approximate surface area is 74.2 Å². The molecule has 0 spiro atoms. The molecule has 0 fully saturated rings. The van der Waals surface area contributed by atoms with Gasteiger partial charge in [0.05, 0.1) is 5.75 Å². The van der Waals surface area contributed by atoms with E-state index >= 15 is 0 Å². The number of aliphatic carboxylic acids is 1. The summed E-state index contributed by atoms with van der Waals surface area (Å²) in [4.78, 5) is 19.4. The number of carboxylic acid groups (broad SMARTS) is 1. The minimum Gasteiger partial charge on any atom is -0.475 e. The molecule has 0 atom stereocenters. The van der Waals surface area contributed by atoms with Crippen molar-refractivity contribution in [3.63, 3.8) is 0 Å². The van der Waals surface area contributed by atoms with E-state index in [0.717, 1.165) is 0 Å². The van der Waals surface area contributed by atoms with Crippen LogP contribution in [0.3, 0.4) is 0 Å². The van der Waals surface area contributed by atoms with Gasteiger partial charge in [-0.05, 0) is 0 Å². The molecule has 0 aliphatic carbocycles. The van der Waals surface area contributed by atoms with Crippen LogP contribution in [0.5, 0.6) is 0 Å². The fourth-order valence-corrected chi connectivity index (χ4v) is 0.203. The third kappa shape index (κ3) is 4.64. The Bertz CT molecular complexity index is 103. The third-order valence-electron chi connectivity index (χ3n) is 0.382. The summed E-state index contributed by atoms with van der Waals surface area (Å²) in [6, 6.07) is 0. The molecule has 1 N–H and O–H groups in total. The maximum atomic E-state index is 9.84. The van der Waals surface area contributed by atoms with Crippen LogP contribution < -0.4 is 0 Å². The number of carbonyl (C=O) groups excluding carboxylic acids is 1. The van der Waals surface area contributed by atoms with Crippen LogP contribution in [0.1, 0.15) is 0 Å². The van der Waals surface area contributed by atoms with Crippen molar-refractivity contribution in [2.45, 2.75) is 0 Å². The van der Waals surface area contributed by atoms with Crippen LogP contribution in [-0.2, 0) is 9.59 Å². The smallest absolute Gasteiger partial charge is 0.373 e. The van der Waals surface area contributed by atoms with Crippen molar-refractivity contribution in [3.8, 4) is 0 Å². The molecular formula is C3H4NaO3S. The van der Waals surface area contributed by atoms with Gasteiger partial charge in [0.25, 0.3) is 0 Å². The van der Waals surface area contributed by atoms with E-state index in [-0.39, 0.29) is 35.3 Å². The Hall–Kier alpha value is 0.490. The van der Waals surface area contributed by atoms with Crippen LogP contribution in [0.15, 0.2) is 0 Å². The molecule has 0 aromatic heterocycles. The zero-order chi connectivity index (χ0) is 5.86. The van der Waals surface area contributed by atoms with Crippen molar-refractivity contribution >= 4 is 53.9 Å². The molecule has 1 radical (unpaired) electrons. The molecule has 5 heteroatoms. The Balaban J connectivity index is 0. The minimum absolute atomic E-state index is 0. The van der Waals surface area contributed by atoms with Crippen LogP contribution in [0, 0.1) is 0 Å². The Morgan fingerprint density at radius 3 is 1.88 bits per heavy atom. The van der Waals surface area contributed by atoms with E-state index in [1.807, 2.05) is 0 Å². The van der Waals surface area contributed by atoms with Crippen molar-refractivity contribution in [3.05, 3.63) is 0 Å². The summed E-state index contributed by atoms with van der Waals surface area (Å²) in [5.41, 5.74) is 0. The number of hydrogen-bond donors (Lipinski definition) is 2. The van der Waals surface area contributed by atoms with Gasteiger partial charge in [-0.2, -0.15) is 12.6 Å². The maximum Gasteiger partial charge on any atom is 0.373 e. The zero-order valence-electron chi connectivity index (χ0n) is 4.42. The van der Waals surface area contributed by atoms with Crippen LogP contribution >= 0.6 is 12.6 Å². The SMILES string of the molecule is O=C(O)C(=O)CS.[Na]. The number of rotatable bonds is 2. The maximum absolute atomic E-state index is 9.84. The second kappa shape index (κ2) is 5.62. The predicted octanol–water partition coefficient (Wildman–Crippen LogP) is -0.811. The second-order valence-electron chi connectivity index (χ2n) is 0.886. The number of ketones is 1. The van der Waals surface area contributed by atoms with E-state index in [1.54, 1.807) is 0 Å². The zero-order valence-corrected chi connectivity index (χ0v) is 7.31. The van der Waals surface area contributed by atoms with E-state index in [1.165, 1.54) is 0 Å². The first kappa shape index (κ1) is 11.3. The molecule has 0 rings (SSSR count). The fourth-order valence-electron chi connectivity index (χ4n) is 0.0676. The monoisotopic (exact) mass is 143 g/mol. The van der Waals surface area contributed by atoms with E-state index in [0.29, 0.717) is 0 Å². The fraction of sp³-hybridized carbons (Fsp3) is 0.333. The largest absolute Gasteiger partial charge is 0.475 e. The molecule has 0 saturated carbocycles. The van der Waals surface area contributed by atoms with Crippen LogP contribution in [-0.4, -0.2) is 52.2 Å². The number of Topliss-reactive ketones (excluding diaryl/α,β-unsaturated/α-hetero) is 1. The van der Waals surface area contributed by atoms with Gasteiger partial charge in [-0.15, -0.1) is 0 Å². The first-order valence-corrected chi connectivity index (χ1v) is 2.18. The summed E-state index contributed by atoms with van der Waals surface area (Å²) in [5.74, 6) is -2.52. The average molecular weight is 143 g/mol. The van der Waals surface area contributed by atoms with Crippen LogP contribution in [0.25, 0.3) is 0 Å². The van der Waals surface area contributed by atoms with Gasteiger partial charge in [0, 0.05) is 29.6 Å². The van der Waals surface area contributed by atoms with Gasteiger partial charge in [0.15, 0.2) is 0 Å². The molecule has 3 nitrogen and oxygen atoms in total. The van der Waals surface area contributed by atoms with Crippen LogP contribution in [0.4, 0.5) is 0 Å².